The molecule has 2 N–H and O–H groups in total. The second-order valence-corrected chi connectivity index (χ2v) is 12.3. The van der Waals surface area contributed by atoms with E-state index < -0.39 is 5.92 Å². The van der Waals surface area contributed by atoms with E-state index in [4.69, 9.17) is 9.97 Å². The van der Waals surface area contributed by atoms with Crippen molar-refractivity contribution in [2.75, 3.05) is 17.7 Å². The topological polar surface area (TPSA) is 127 Å². The quantitative estimate of drug-likeness (QED) is 0.171. The number of anilines is 2. The van der Waals surface area contributed by atoms with E-state index in [1.807, 2.05) is 80.6 Å². The molecule has 1 aliphatic rings. The van der Waals surface area contributed by atoms with Crippen molar-refractivity contribution in [3.05, 3.63) is 136 Å². The minimum Gasteiger partial charge on any atom is -0.325 e. The van der Waals surface area contributed by atoms with Gasteiger partial charge in [-0.3, -0.25) is 14.6 Å². The van der Waals surface area contributed by atoms with Gasteiger partial charge in [-0.2, -0.15) is 5.10 Å². The molecule has 2 amide bonds. The van der Waals surface area contributed by atoms with Crippen molar-refractivity contribution in [1.82, 2.24) is 24.6 Å². The summed E-state index contributed by atoms with van der Waals surface area (Å²) in [6.07, 6.45) is 6.93. The first kappa shape index (κ1) is 31.6. The third-order valence-electron chi connectivity index (χ3n) is 8.68. The maximum Gasteiger partial charge on any atom is 0.261 e. The van der Waals surface area contributed by atoms with Gasteiger partial charge < -0.3 is 10.6 Å². The van der Waals surface area contributed by atoms with E-state index in [0.29, 0.717) is 34.8 Å². The summed E-state index contributed by atoms with van der Waals surface area (Å²) in [5.41, 5.74) is 10.0. The number of para-hydroxylation sites is 1. The van der Waals surface area contributed by atoms with E-state index in [0.717, 1.165) is 53.2 Å². The third kappa shape index (κ3) is 6.85. The Morgan fingerprint density at radius 3 is 2.55 bits per heavy atom. The van der Waals surface area contributed by atoms with Gasteiger partial charge in [-0.15, -0.1) is 0 Å². The molecule has 0 saturated carbocycles. The summed E-state index contributed by atoms with van der Waals surface area (Å²) >= 11 is 0. The van der Waals surface area contributed by atoms with E-state index >= 15 is 0 Å². The zero-order chi connectivity index (χ0) is 33.9. The normalized spacial score (nSPS) is 13.0. The van der Waals surface area contributed by atoms with Gasteiger partial charge in [-0.05, 0) is 92.3 Å². The Labute approximate surface area is 284 Å². The summed E-state index contributed by atoms with van der Waals surface area (Å²) in [7, 11) is 1.64. The highest BCUT2D eigenvalue weighted by atomic mass is 16.2. The number of benzene rings is 3. The molecule has 0 aliphatic heterocycles. The predicted molar refractivity (Wildman–Crippen MR) is 191 cm³/mol. The van der Waals surface area contributed by atoms with Gasteiger partial charge in [0.2, 0.25) is 5.91 Å². The van der Waals surface area contributed by atoms with Gasteiger partial charge in [0, 0.05) is 53.7 Å². The number of nitrogens with zero attached hydrogens (tertiary/aromatic N) is 6. The van der Waals surface area contributed by atoms with Crippen molar-refractivity contribution in [2.24, 2.45) is 4.99 Å². The van der Waals surface area contributed by atoms with Crippen LogP contribution in [0.3, 0.4) is 0 Å². The van der Waals surface area contributed by atoms with Crippen LogP contribution in [0, 0.1) is 13.8 Å². The molecular formula is C39H36N8O2. The molecule has 0 radical (unpaired) electrons. The van der Waals surface area contributed by atoms with Crippen LogP contribution in [-0.2, 0) is 24.1 Å². The lowest BCUT2D eigenvalue weighted by Crippen LogP contribution is -2.24. The molecule has 3 aromatic heterocycles. The summed E-state index contributed by atoms with van der Waals surface area (Å²) in [6, 6.07) is 27.4. The van der Waals surface area contributed by atoms with Crippen LogP contribution >= 0.6 is 0 Å². The summed E-state index contributed by atoms with van der Waals surface area (Å²) in [5, 5.41) is 10.4. The number of amides is 2. The van der Waals surface area contributed by atoms with E-state index in [1.54, 1.807) is 24.0 Å². The van der Waals surface area contributed by atoms with Crippen molar-refractivity contribution in [3.8, 4) is 11.3 Å². The highest BCUT2D eigenvalue weighted by molar-refractivity contribution is 6.08. The maximum absolute atomic E-state index is 13.6. The van der Waals surface area contributed by atoms with Gasteiger partial charge in [-0.25, -0.2) is 19.5 Å². The lowest BCUT2D eigenvalue weighted by atomic mass is 10.0. The fourth-order valence-corrected chi connectivity index (χ4v) is 6.35. The molecule has 1 unspecified atom stereocenters. The summed E-state index contributed by atoms with van der Waals surface area (Å²) < 4.78 is 1.68. The monoisotopic (exact) mass is 648 g/mol. The molecule has 0 bridgehead atoms. The number of carbonyl (C=O) groups excluding carboxylic acids is 2. The average Bonchev–Trinajstić information content (AvgIpc) is 3.75. The van der Waals surface area contributed by atoms with Crippen LogP contribution in [0.2, 0.25) is 0 Å². The minimum atomic E-state index is -0.761. The number of carbonyl (C=O) groups is 2. The number of aromatic nitrogens is 5. The van der Waals surface area contributed by atoms with Gasteiger partial charge in [0.15, 0.2) is 5.65 Å². The lowest BCUT2D eigenvalue weighted by molar-refractivity contribution is -0.116. The van der Waals surface area contributed by atoms with Crippen molar-refractivity contribution in [3.63, 3.8) is 0 Å². The summed E-state index contributed by atoms with van der Waals surface area (Å²) in [5.74, 6) is -0.880. The molecule has 7 rings (SSSR count). The zero-order valence-electron chi connectivity index (χ0n) is 27.6. The molecule has 3 heterocycles. The van der Waals surface area contributed by atoms with Crippen LogP contribution in [-0.4, -0.2) is 49.6 Å². The van der Waals surface area contributed by atoms with Crippen molar-refractivity contribution in [1.29, 1.82) is 0 Å². The van der Waals surface area contributed by atoms with Gasteiger partial charge in [-0.1, -0.05) is 42.5 Å². The molecular weight excluding hydrogens is 612 g/mol. The lowest BCUT2D eigenvalue weighted by Gasteiger charge is -2.15. The third-order valence-corrected chi connectivity index (χ3v) is 8.68. The Morgan fingerprint density at radius 1 is 0.878 bits per heavy atom. The van der Waals surface area contributed by atoms with Crippen molar-refractivity contribution < 1.29 is 9.59 Å². The minimum absolute atomic E-state index is 0.234. The molecule has 49 heavy (non-hydrogen) atoms. The standard InChI is InChI=1S/C39H36N8O2/c1-24-17-35(46-36(42-24)33(22-40-3)38(48)45-31-16-15-27-10-8-11-28(27)21-31)29-12-7-9-26(19-29)20-32-18-25(2)47-37(43-32)34(23-41-47)39(49)44-30-13-5-4-6-14-30/h4-7,9,12-19,21-23,33H,8,10-11,20H2,1-3H3,(H,44,49)(H,45,48). The van der Waals surface area contributed by atoms with E-state index in [-0.39, 0.29) is 11.8 Å². The Balaban J connectivity index is 1.14. The number of fused-ring (bicyclic) bond motifs is 2. The fourth-order valence-electron chi connectivity index (χ4n) is 6.35. The van der Waals surface area contributed by atoms with Crippen LogP contribution in [0.4, 0.5) is 11.4 Å². The van der Waals surface area contributed by atoms with Crippen LogP contribution in [0.5, 0.6) is 0 Å². The Bertz CT molecular complexity index is 2220. The summed E-state index contributed by atoms with van der Waals surface area (Å²) in [4.78, 5) is 45.3. The highest BCUT2D eigenvalue weighted by Crippen LogP contribution is 2.27. The van der Waals surface area contributed by atoms with E-state index in [2.05, 4.69) is 43.9 Å². The van der Waals surface area contributed by atoms with Gasteiger partial charge in [0.25, 0.3) is 5.91 Å². The average molecular weight is 649 g/mol. The highest BCUT2D eigenvalue weighted by Gasteiger charge is 2.24. The van der Waals surface area contributed by atoms with E-state index in [1.165, 1.54) is 11.1 Å². The number of rotatable bonds is 9. The molecule has 1 atom stereocenters. The molecule has 10 heteroatoms. The van der Waals surface area contributed by atoms with Gasteiger partial charge in [0.05, 0.1) is 11.9 Å². The first-order chi connectivity index (χ1) is 23.8. The number of nitrogens with one attached hydrogen (secondary N) is 2. The number of aryl methyl sites for hydroxylation is 4. The molecule has 244 valence electrons. The first-order valence-corrected chi connectivity index (χ1v) is 16.3. The van der Waals surface area contributed by atoms with Crippen molar-refractivity contribution >= 4 is 35.1 Å². The molecule has 0 saturated heterocycles. The van der Waals surface area contributed by atoms with Crippen LogP contribution in [0.25, 0.3) is 16.9 Å². The van der Waals surface area contributed by atoms with Crippen LogP contribution in [0.1, 0.15) is 62.3 Å². The summed E-state index contributed by atoms with van der Waals surface area (Å²) in [6.45, 7) is 3.85. The molecule has 0 spiro atoms. The Morgan fingerprint density at radius 2 is 1.71 bits per heavy atom. The Kier molecular flexibility index (Phi) is 8.76. The molecule has 3 aromatic carbocycles. The second kappa shape index (κ2) is 13.6. The smallest absolute Gasteiger partial charge is 0.261 e. The predicted octanol–water partition coefficient (Wildman–Crippen LogP) is 6.56. The number of hydrogen-bond donors (Lipinski definition) is 2. The second-order valence-electron chi connectivity index (χ2n) is 12.3. The SMILES string of the molecule is CN=CC(C(=O)Nc1ccc2c(c1)CCC2)c1nc(C)cc(-c2cccc(Cc3cc(C)n4ncc(C(=O)Nc5ccccc5)c4n3)c2)n1. The van der Waals surface area contributed by atoms with Crippen molar-refractivity contribution in [2.45, 2.75) is 45.4 Å². The molecule has 6 aromatic rings. The van der Waals surface area contributed by atoms with Gasteiger partial charge in [0.1, 0.15) is 17.3 Å². The zero-order valence-corrected chi connectivity index (χ0v) is 27.6. The largest absolute Gasteiger partial charge is 0.325 e. The molecule has 1 aliphatic carbocycles. The first-order valence-electron chi connectivity index (χ1n) is 16.3. The van der Waals surface area contributed by atoms with Gasteiger partial charge >= 0.3 is 0 Å². The maximum atomic E-state index is 13.6. The molecule has 10 nitrogen and oxygen atoms in total. The van der Waals surface area contributed by atoms with Crippen LogP contribution in [0.15, 0.2) is 96.1 Å². The van der Waals surface area contributed by atoms with E-state index in [9.17, 15) is 9.59 Å². The molecule has 0 fully saturated rings. The number of hydrogen-bond acceptors (Lipinski definition) is 7. The number of aliphatic imine (C=N–C) groups is 1. The Hall–Kier alpha value is -6.03. The van der Waals surface area contributed by atoms with Crippen LogP contribution < -0.4 is 10.6 Å². The fraction of sp³-hybridized carbons (Fsp3) is 0.205.